The molecule has 0 aliphatic rings. The van der Waals surface area contributed by atoms with Crippen LogP contribution < -0.4 is 5.32 Å². The Labute approximate surface area is 133 Å². The van der Waals surface area contributed by atoms with E-state index in [4.69, 9.17) is 0 Å². The lowest BCUT2D eigenvalue weighted by atomic mass is 10.1. The summed E-state index contributed by atoms with van der Waals surface area (Å²) in [5.41, 5.74) is 3.43. The second-order valence-electron chi connectivity index (χ2n) is 5.27. The number of aromatic nitrogens is 2. The number of nitrogens with zero attached hydrogens (tertiary/aromatic N) is 2. The number of amides is 1. The molecule has 1 amide bonds. The highest BCUT2D eigenvalue weighted by Gasteiger charge is 2.06. The van der Waals surface area contributed by atoms with Crippen molar-refractivity contribution in [2.45, 2.75) is 32.7 Å². The van der Waals surface area contributed by atoms with Crippen LogP contribution in [0.25, 0.3) is 4.96 Å². The summed E-state index contributed by atoms with van der Waals surface area (Å²) in [4.78, 5) is 17.3. The minimum absolute atomic E-state index is 0.0657. The number of carbonyl (C=O) groups is 1. The summed E-state index contributed by atoms with van der Waals surface area (Å²) < 4.78 is 1.97. The average Bonchev–Trinajstić information content (AvgIpc) is 3.12. The van der Waals surface area contributed by atoms with Gasteiger partial charge in [-0.3, -0.25) is 9.20 Å². The van der Waals surface area contributed by atoms with E-state index in [1.54, 1.807) is 11.3 Å². The zero-order chi connectivity index (χ0) is 15.4. The third-order valence-corrected chi connectivity index (χ3v) is 4.45. The van der Waals surface area contributed by atoms with Gasteiger partial charge >= 0.3 is 0 Å². The zero-order valence-electron chi connectivity index (χ0n) is 12.6. The minimum atomic E-state index is 0.0657. The molecule has 0 radical (unpaired) electrons. The van der Waals surface area contributed by atoms with E-state index in [1.807, 2.05) is 22.2 Å². The van der Waals surface area contributed by atoms with Crippen LogP contribution in [0.5, 0.6) is 0 Å². The summed E-state index contributed by atoms with van der Waals surface area (Å²) >= 11 is 1.59. The smallest absolute Gasteiger partial charge is 0.220 e. The quantitative estimate of drug-likeness (QED) is 0.759. The first-order valence-electron chi connectivity index (χ1n) is 7.50. The number of imidazole rings is 1. The first-order chi connectivity index (χ1) is 10.7. The maximum atomic E-state index is 11.9. The molecule has 1 aromatic carbocycles. The fourth-order valence-electron chi connectivity index (χ4n) is 2.34. The number of fused-ring (bicyclic) bond motifs is 1. The fraction of sp³-hybridized carbons (Fsp3) is 0.294. The van der Waals surface area contributed by atoms with E-state index in [9.17, 15) is 4.79 Å². The number of nitrogens with one attached hydrogen (secondary N) is 1. The number of thiazole rings is 1. The van der Waals surface area contributed by atoms with E-state index < -0.39 is 0 Å². The van der Waals surface area contributed by atoms with E-state index in [2.05, 4.69) is 41.5 Å². The molecule has 5 heteroatoms. The van der Waals surface area contributed by atoms with Gasteiger partial charge in [-0.05, 0) is 24.0 Å². The molecule has 0 aliphatic heterocycles. The van der Waals surface area contributed by atoms with E-state index >= 15 is 0 Å². The highest BCUT2D eigenvalue weighted by Crippen LogP contribution is 2.11. The lowest BCUT2D eigenvalue weighted by Gasteiger charge is -2.04. The summed E-state index contributed by atoms with van der Waals surface area (Å²) in [6.07, 6.45) is 6.25. The van der Waals surface area contributed by atoms with Crippen molar-refractivity contribution in [2.75, 3.05) is 0 Å². The number of carbonyl (C=O) groups excluding carboxylic acids is 1. The third-order valence-electron chi connectivity index (χ3n) is 3.68. The molecule has 22 heavy (non-hydrogen) atoms. The van der Waals surface area contributed by atoms with Gasteiger partial charge < -0.3 is 5.32 Å². The molecule has 114 valence electrons. The van der Waals surface area contributed by atoms with Crippen LogP contribution in [-0.4, -0.2) is 15.3 Å². The molecule has 0 saturated heterocycles. The maximum Gasteiger partial charge on any atom is 0.220 e. The second kappa shape index (κ2) is 6.75. The summed E-state index contributed by atoms with van der Waals surface area (Å²) in [6.45, 7) is 2.63. The summed E-state index contributed by atoms with van der Waals surface area (Å²) in [5, 5.41) is 4.93. The Morgan fingerprint density at radius 2 is 2.05 bits per heavy atom. The number of benzene rings is 1. The Kier molecular flexibility index (Phi) is 4.53. The number of aryl methyl sites for hydroxylation is 2. The Bertz CT molecular complexity index is 729. The molecule has 0 fully saturated rings. The van der Waals surface area contributed by atoms with Gasteiger partial charge in [0.1, 0.15) is 0 Å². The Morgan fingerprint density at radius 3 is 2.77 bits per heavy atom. The molecule has 0 aliphatic carbocycles. The zero-order valence-corrected chi connectivity index (χ0v) is 13.4. The van der Waals surface area contributed by atoms with E-state index in [0.717, 1.165) is 23.5 Å². The van der Waals surface area contributed by atoms with Crippen molar-refractivity contribution in [3.63, 3.8) is 0 Å². The maximum absolute atomic E-state index is 11.9. The van der Waals surface area contributed by atoms with Gasteiger partial charge in [0.25, 0.3) is 0 Å². The van der Waals surface area contributed by atoms with Crippen LogP contribution in [0.1, 0.15) is 30.2 Å². The first kappa shape index (κ1) is 14.8. The van der Waals surface area contributed by atoms with Crippen molar-refractivity contribution in [1.29, 1.82) is 0 Å². The molecular formula is C17H19N3OS. The van der Waals surface area contributed by atoms with Crippen molar-refractivity contribution in [3.05, 3.63) is 58.9 Å². The van der Waals surface area contributed by atoms with Crippen LogP contribution in [0, 0.1) is 0 Å². The first-order valence-corrected chi connectivity index (χ1v) is 8.38. The molecule has 1 N–H and O–H groups in total. The summed E-state index contributed by atoms with van der Waals surface area (Å²) in [5.74, 6) is 0.0657. The van der Waals surface area contributed by atoms with Crippen molar-refractivity contribution >= 4 is 22.2 Å². The highest BCUT2D eigenvalue weighted by atomic mass is 32.1. The predicted octanol–water partition coefficient (Wildman–Crippen LogP) is 3.21. The van der Waals surface area contributed by atoms with E-state index in [1.165, 1.54) is 11.1 Å². The summed E-state index contributed by atoms with van der Waals surface area (Å²) in [6, 6.07) is 8.47. The number of hydrogen-bond acceptors (Lipinski definition) is 3. The van der Waals surface area contributed by atoms with Gasteiger partial charge in [0.15, 0.2) is 4.96 Å². The van der Waals surface area contributed by atoms with Gasteiger partial charge in [-0.2, -0.15) is 0 Å². The van der Waals surface area contributed by atoms with Crippen molar-refractivity contribution < 1.29 is 4.79 Å². The van der Waals surface area contributed by atoms with Crippen LogP contribution in [0.3, 0.4) is 0 Å². The Balaban J connectivity index is 1.46. The lowest BCUT2D eigenvalue weighted by molar-refractivity contribution is -0.121. The minimum Gasteiger partial charge on any atom is -0.350 e. The van der Waals surface area contributed by atoms with E-state index in [-0.39, 0.29) is 5.91 Å². The van der Waals surface area contributed by atoms with Gasteiger partial charge in [0, 0.05) is 24.2 Å². The van der Waals surface area contributed by atoms with Crippen LogP contribution in [-0.2, 0) is 24.2 Å². The summed E-state index contributed by atoms with van der Waals surface area (Å²) in [7, 11) is 0. The molecule has 0 atom stereocenters. The number of hydrogen-bond donors (Lipinski definition) is 1. The Morgan fingerprint density at radius 1 is 1.27 bits per heavy atom. The van der Waals surface area contributed by atoms with Gasteiger partial charge in [0.05, 0.1) is 12.2 Å². The van der Waals surface area contributed by atoms with Crippen LogP contribution in [0.4, 0.5) is 0 Å². The molecule has 0 spiro atoms. The Hall–Kier alpha value is -2.14. The SMILES string of the molecule is CCc1ccc(CCC(=O)NCc2cn3ccsc3n2)cc1. The van der Waals surface area contributed by atoms with Crippen molar-refractivity contribution in [1.82, 2.24) is 14.7 Å². The van der Waals surface area contributed by atoms with Crippen molar-refractivity contribution in [2.24, 2.45) is 0 Å². The van der Waals surface area contributed by atoms with Crippen LogP contribution in [0.15, 0.2) is 42.0 Å². The molecule has 0 bridgehead atoms. The monoisotopic (exact) mass is 313 g/mol. The van der Waals surface area contributed by atoms with Gasteiger partial charge in [-0.25, -0.2) is 4.98 Å². The largest absolute Gasteiger partial charge is 0.350 e. The predicted molar refractivity (Wildman–Crippen MR) is 89.1 cm³/mol. The molecule has 3 rings (SSSR count). The third kappa shape index (κ3) is 3.54. The molecular weight excluding hydrogens is 294 g/mol. The van der Waals surface area contributed by atoms with Gasteiger partial charge in [-0.15, -0.1) is 11.3 Å². The molecule has 2 heterocycles. The molecule has 0 saturated carbocycles. The molecule has 3 aromatic rings. The molecule has 2 aromatic heterocycles. The second-order valence-corrected chi connectivity index (χ2v) is 6.14. The van der Waals surface area contributed by atoms with Gasteiger partial charge in [0.2, 0.25) is 5.91 Å². The van der Waals surface area contributed by atoms with Crippen LogP contribution in [0.2, 0.25) is 0 Å². The van der Waals surface area contributed by atoms with Crippen LogP contribution >= 0.6 is 11.3 Å². The molecule has 4 nitrogen and oxygen atoms in total. The lowest BCUT2D eigenvalue weighted by Crippen LogP contribution is -2.23. The average molecular weight is 313 g/mol. The highest BCUT2D eigenvalue weighted by molar-refractivity contribution is 7.15. The van der Waals surface area contributed by atoms with E-state index in [0.29, 0.717) is 13.0 Å². The van der Waals surface area contributed by atoms with Gasteiger partial charge in [-0.1, -0.05) is 31.2 Å². The van der Waals surface area contributed by atoms with Crippen molar-refractivity contribution in [3.8, 4) is 0 Å². The topological polar surface area (TPSA) is 46.4 Å². The number of rotatable bonds is 6. The normalized spacial score (nSPS) is 11.0. The standard InChI is InChI=1S/C17H19N3OS/c1-2-13-3-5-14(6-4-13)7-8-16(21)18-11-15-12-20-9-10-22-17(20)19-15/h3-6,9-10,12H,2,7-8,11H2,1H3,(H,18,21). The molecule has 0 unspecified atom stereocenters. The fourth-order valence-corrected chi connectivity index (χ4v) is 3.06.